The molecule has 15 heteroatoms. The largest absolute Gasteiger partial charge is 0.444 e. The molecule has 0 saturated carbocycles. The summed E-state index contributed by atoms with van der Waals surface area (Å²) in [6.07, 6.45) is -3.45. The van der Waals surface area contributed by atoms with Crippen molar-refractivity contribution in [2.75, 3.05) is 6.61 Å². The Labute approximate surface area is 307 Å². The number of aliphatic imine (C=N–C) groups is 1. The van der Waals surface area contributed by atoms with Crippen LogP contribution in [0.3, 0.4) is 0 Å². The second kappa shape index (κ2) is 20.2. The number of rotatable bonds is 17. The van der Waals surface area contributed by atoms with Crippen molar-refractivity contribution < 1.29 is 37.4 Å². The number of amides is 2. The maximum atomic E-state index is 13.2. The summed E-state index contributed by atoms with van der Waals surface area (Å²) >= 11 is 0. The summed E-state index contributed by atoms with van der Waals surface area (Å²) in [5, 5.41) is 20.0. The van der Waals surface area contributed by atoms with E-state index in [0.29, 0.717) is 0 Å². The van der Waals surface area contributed by atoms with Crippen molar-refractivity contribution in [1.82, 2.24) is 16.0 Å². The number of hydrogen-bond acceptors (Lipinski definition) is 10. The minimum absolute atomic E-state index is 0.137. The monoisotopic (exact) mass is 762 g/mol. The Morgan fingerprint density at radius 2 is 0.960 bits per heavy atom. The van der Waals surface area contributed by atoms with E-state index < -0.39 is 78.9 Å². The molecule has 1 heterocycles. The van der Waals surface area contributed by atoms with Gasteiger partial charge in [0, 0.05) is 0 Å². The molecule has 0 unspecified atom stereocenters. The van der Waals surface area contributed by atoms with Gasteiger partial charge in [-0.1, -0.05) is 62.3 Å². The van der Waals surface area contributed by atoms with E-state index in [1.807, 2.05) is 0 Å². The molecular formula is C35H74N4O8Si3. The van der Waals surface area contributed by atoms with E-state index in [-0.39, 0.29) is 12.6 Å². The molecule has 0 aliphatic carbocycles. The summed E-state index contributed by atoms with van der Waals surface area (Å²) in [7, 11) is -6.88. The molecule has 0 aromatic heterocycles. The number of carbonyl (C=O) groups excluding carboxylic acids is 2. The number of carbonyl (C=O) groups is 2. The summed E-state index contributed by atoms with van der Waals surface area (Å²) in [4.78, 5) is 31.6. The molecule has 294 valence electrons. The first-order chi connectivity index (χ1) is 23.2. The van der Waals surface area contributed by atoms with Crippen molar-refractivity contribution in [1.29, 1.82) is 0 Å². The lowest BCUT2D eigenvalue weighted by Gasteiger charge is -2.52. The second-order valence-electron chi connectivity index (χ2n) is 15.6. The van der Waals surface area contributed by atoms with E-state index in [4.69, 9.17) is 27.7 Å². The van der Waals surface area contributed by atoms with Crippen molar-refractivity contribution in [2.24, 2.45) is 4.99 Å². The Bertz CT molecular complexity index is 1020. The first-order valence-corrected chi connectivity index (χ1v) is 26.8. The van der Waals surface area contributed by atoms with Crippen LogP contribution in [0.4, 0.5) is 9.59 Å². The van der Waals surface area contributed by atoms with Crippen LogP contribution in [-0.2, 0) is 22.8 Å². The Balaban J connectivity index is 4.18. The highest BCUT2D eigenvalue weighted by molar-refractivity contribution is 6.74. The number of alkyl carbamates (subject to hydrolysis) is 2. The highest BCUT2D eigenvalue weighted by Gasteiger charge is 2.53. The predicted octanol–water partition coefficient (Wildman–Crippen LogP) is 7.85. The van der Waals surface area contributed by atoms with E-state index in [1.54, 1.807) is 41.5 Å². The van der Waals surface area contributed by atoms with Gasteiger partial charge in [0.1, 0.15) is 23.5 Å². The Kier molecular flexibility index (Phi) is 18.9. The fourth-order valence-corrected chi connectivity index (χ4v) is 15.1. The normalized spacial score (nSPS) is 22.1. The van der Waals surface area contributed by atoms with Gasteiger partial charge >= 0.3 is 12.2 Å². The lowest BCUT2D eigenvalue weighted by Crippen LogP contribution is -2.72. The van der Waals surface area contributed by atoms with Gasteiger partial charge in [0.25, 0.3) is 0 Å². The number of aliphatic hydroxyl groups is 1. The maximum absolute atomic E-state index is 13.2. The van der Waals surface area contributed by atoms with Gasteiger partial charge in [0.15, 0.2) is 25.0 Å². The summed E-state index contributed by atoms with van der Waals surface area (Å²) in [5.74, 6) is -0.137. The van der Waals surface area contributed by atoms with Crippen molar-refractivity contribution in [3.63, 3.8) is 0 Å². The van der Waals surface area contributed by atoms with E-state index in [0.717, 1.165) is 54.4 Å². The average Bonchev–Trinajstić information content (AvgIpc) is 3.05. The van der Waals surface area contributed by atoms with E-state index in [2.05, 4.69) is 78.3 Å². The van der Waals surface area contributed by atoms with Gasteiger partial charge in [-0.2, -0.15) is 0 Å². The van der Waals surface area contributed by atoms with Crippen LogP contribution in [0, 0.1) is 0 Å². The van der Waals surface area contributed by atoms with E-state index >= 15 is 0 Å². The summed E-state index contributed by atoms with van der Waals surface area (Å²) < 4.78 is 33.0. The number of aliphatic hydroxyl groups excluding tert-OH is 1. The molecule has 0 spiro atoms. The Morgan fingerprint density at radius 1 is 0.620 bits per heavy atom. The predicted molar refractivity (Wildman–Crippen MR) is 210 cm³/mol. The number of nitrogens with zero attached hydrogens (tertiary/aromatic N) is 1. The van der Waals surface area contributed by atoms with Crippen molar-refractivity contribution >= 4 is 43.1 Å². The summed E-state index contributed by atoms with van der Waals surface area (Å²) in [6.45, 7) is 30.0. The molecule has 2 amide bonds. The van der Waals surface area contributed by atoms with Crippen LogP contribution >= 0.6 is 0 Å². The van der Waals surface area contributed by atoms with Crippen LogP contribution in [0.25, 0.3) is 0 Å². The second-order valence-corrected chi connectivity index (χ2v) is 29.8. The fraction of sp³-hybridized carbons (Fsp3) is 0.914. The van der Waals surface area contributed by atoms with Gasteiger partial charge in [0.05, 0.1) is 24.9 Å². The first-order valence-electron chi connectivity index (χ1n) is 19.2. The molecule has 1 rings (SSSR count). The molecule has 1 fully saturated rings. The summed E-state index contributed by atoms with van der Waals surface area (Å²) in [6, 6.07) is 6.80. The first kappa shape index (κ1) is 46.7. The van der Waals surface area contributed by atoms with Gasteiger partial charge < -0.3 is 27.9 Å². The Hall–Kier alpha value is -1.34. The van der Waals surface area contributed by atoms with Crippen LogP contribution in [0.1, 0.15) is 104 Å². The number of ether oxygens (including phenoxy) is 2. The number of hydrogen-bond donors (Lipinski definition) is 4. The van der Waals surface area contributed by atoms with Gasteiger partial charge in [0.2, 0.25) is 5.96 Å². The van der Waals surface area contributed by atoms with Gasteiger partial charge in [-0.25, -0.2) is 14.6 Å². The molecule has 0 aromatic rings. The van der Waals surface area contributed by atoms with Gasteiger partial charge in [-0.3, -0.25) is 16.0 Å². The van der Waals surface area contributed by atoms with Crippen LogP contribution in [0.15, 0.2) is 4.99 Å². The molecule has 0 bridgehead atoms. The van der Waals surface area contributed by atoms with Crippen molar-refractivity contribution in [3.05, 3.63) is 0 Å². The standard InChI is InChI=1S/C35H74N4O8Si3/c1-16-48(17-2,18-3)45-28-26(25-40)36-30(47-50(22-7,23-8)24-9)27(29(28)46-49(19-4,20-5)21-6)37-31(38-32(41)43-34(10,11)12)39-33(42)44-35(13,14)15/h26-30,36,40H,16-25H2,1-15H3,(H2,37,38,39,41,42)/t26-,27-,28-,29-,30-/m1/s1. The molecule has 1 aliphatic rings. The minimum atomic E-state index is -2.34. The van der Waals surface area contributed by atoms with Crippen molar-refractivity contribution in [3.8, 4) is 0 Å². The van der Waals surface area contributed by atoms with E-state index in [9.17, 15) is 14.7 Å². The number of piperidine rings is 1. The molecule has 4 N–H and O–H groups in total. The third-order valence-electron chi connectivity index (χ3n) is 10.4. The van der Waals surface area contributed by atoms with Crippen molar-refractivity contribution in [2.45, 2.75) is 200 Å². The third-order valence-corrected chi connectivity index (χ3v) is 24.3. The smallest absolute Gasteiger partial charge is 0.414 e. The Morgan fingerprint density at radius 3 is 1.28 bits per heavy atom. The molecule has 1 aliphatic heterocycles. The number of nitrogens with one attached hydrogen (secondary N) is 3. The molecule has 50 heavy (non-hydrogen) atoms. The van der Waals surface area contributed by atoms with Crippen LogP contribution in [0.5, 0.6) is 0 Å². The molecule has 1 saturated heterocycles. The topological polar surface area (TPSA) is 149 Å². The zero-order chi connectivity index (χ0) is 38.6. The lowest BCUT2D eigenvalue weighted by molar-refractivity contribution is -0.0833. The van der Waals surface area contributed by atoms with Crippen LogP contribution in [-0.4, -0.2) is 96.5 Å². The van der Waals surface area contributed by atoms with E-state index in [1.165, 1.54) is 0 Å². The molecule has 5 atom stereocenters. The number of guanidine groups is 1. The average molecular weight is 763 g/mol. The molecule has 0 aromatic carbocycles. The SMILES string of the molecule is CC[Si](CC)(CC)O[C@@H]1[C@@H](N=C(NC(=O)OC(C)(C)C)NC(=O)OC(C)(C)C)[C@@H](O[Si](CC)(CC)CC)N[C@H](CO)[C@H]1O[Si](CC)(CC)CC. The van der Waals surface area contributed by atoms with Crippen LogP contribution in [0.2, 0.25) is 54.4 Å². The highest BCUT2D eigenvalue weighted by Crippen LogP contribution is 2.37. The zero-order valence-electron chi connectivity index (χ0n) is 34.2. The lowest BCUT2D eigenvalue weighted by atomic mass is 9.93. The minimum Gasteiger partial charge on any atom is -0.444 e. The quantitative estimate of drug-likeness (QED) is 0.0660. The third kappa shape index (κ3) is 13.6. The van der Waals surface area contributed by atoms with Gasteiger partial charge in [-0.05, 0) is 95.9 Å². The highest BCUT2D eigenvalue weighted by atomic mass is 28.4. The maximum Gasteiger partial charge on any atom is 0.414 e. The zero-order valence-corrected chi connectivity index (χ0v) is 37.2. The molecule has 12 nitrogen and oxygen atoms in total. The molecular weight excluding hydrogens is 689 g/mol. The van der Waals surface area contributed by atoms with Gasteiger partial charge in [-0.15, -0.1) is 0 Å². The summed E-state index contributed by atoms with van der Waals surface area (Å²) in [5.41, 5.74) is -1.59. The van der Waals surface area contributed by atoms with Crippen LogP contribution < -0.4 is 16.0 Å². The fourth-order valence-electron chi connectivity index (χ4n) is 6.58. The molecule has 0 radical (unpaired) electrons.